The first-order chi connectivity index (χ1) is 7.75. The van der Waals surface area contributed by atoms with Crippen LogP contribution in [0.2, 0.25) is 0 Å². The molecule has 0 radical (unpaired) electrons. The van der Waals surface area contributed by atoms with Crippen molar-refractivity contribution in [1.29, 1.82) is 0 Å². The SMILES string of the molecule is C=C1CCCC(C)(C)C1C(=O)CC(C)C(C)C. The standard InChI is InChI=1S/C16H28O/c1-11(2)13(4)10-14(17)15-12(3)8-7-9-16(15,5)6/h11,13,15H,3,7-10H2,1-2,4-6H3. The van der Waals surface area contributed by atoms with Crippen molar-refractivity contribution in [1.82, 2.24) is 0 Å². The third kappa shape index (κ3) is 3.43. The molecule has 0 aromatic carbocycles. The highest BCUT2D eigenvalue weighted by atomic mass is 16.1. The molecular formula is C16H28O. The number of Topliss-reactive ketones (excluding diaryl/α,β-unsaturated/α-hetero) is 1. The van der Waals surface area contributed by atoms with E-state index in [1.54, 1.807) is 0 Å². The summed E-state index contributed by atoms with van der Waals surface area (Å²) in [6.45, 7) is 15.2. The summed E-state index contributed by atoms with van der Waals surface area (Å²) in [5.74, 6) is 1.57. The first-order valence-corrected chi connectivity index (χ1v) is 6.96. The van der Waals surface area contributed by atoms with E-state index in [-0.39, 0.29) is 11.3 Å². The first-order valence-electron chi connectivity index (χ1n) is 6.96. The Labute approximate surface area is 107 Å². The molecule has 0 heterocycles. The van der Waals surface area contributed by atoms with Crippen LogP contribution in [0.3, 0.4) is 0 Å². The molecule has 1 nitrogen and oxygen atoms in total. The molecule has 1 saturated carbocycles. The molecule has 0 amide bonds. The highest BCUT2D eigenvalue weighted by Gasteiger charge is 2.39. The number of carbonyl (C=O) groups is 1. The molecule has 0 aromatic heterocycles. The summed E-state index contributed by atoms with van der Waals surface area (Å²) in [6, 6.07) is 0. The molecule has 0 aromatic rings. The van der Waals surface area contributed by atoms with Crippen molar-refractivity contribution in [3.63, 3.8) is 0 Å². The smallest absolute Gasteiger partial charge is 0.140 e. The van der Waals surface area contributed by atoms with Gasteiger partial charge in [0, 0.05) is 12.3 Å². The Morgan fingerprint density at radius 1 is 1.41 bits per heavy atom. The molecule has 0 N–H and O–H groups in total. The summed E-state index contributed by atoms with van der Waals surface area (Å²) in [4.78, 5) is 12.5. The number of hydrogen-bond acceptors (Lipinski definition) is 1. The van der Waals surface area contributed by atoms with Crippen LogP contribution in [0.4, 0.5) is 0 Å². The van der Waals surface area contributed by atoms with Gasteiger partial charge in [-0.1, -0.05) is 46.8 Å². The largest absolute Gasteiger partial charge is 0.299 e. The van der Waals surface area contributed by atoms with Crippen molar-refractivity contribution in [3.05, 3.63) is 12.2 Å². The predicted molar refractivity (Wildman–Crippen MR) is 73.9 cm³/mol. The van der Waals surface area contributed by atoms with Crippen LogP contribution >= 0.6 is 0 Å². The monoisotopic (exact) mass is 236 g/mol. The van der Waals surface area contributed by atoms with Crippen molar-refractivity contribution >= 4 is 5.78 Å². The molecule has 0 spiro atoms. The number of allylic oxidation sites excluding steroid dienone is 1. The number of rotatable bonds is 4. The van der Waals surface area contributed by atoms with E-state index >= 15 is 0 Å². The van der Waals surface area contributed by atoms with E-state index in [2.05, 4.69) is 41.2 Å². The Balaban J connectivity index is 2.75. The molecule has 17 heavy (non-hydrogen) atoms. The molecule has 2 unspecified atom stereocenters. The molecule has 98 valence electrons. The van der Waals surface area contributed by atoms with Gasteiger partial charge < -0.3 is 0 Å². The average molecular weight is 236 g/mol. The third-order valence-corrected chi connectivity index (χ3v) is 4.49. The predicted octanol–water partition coefficient (Wildman–Crippen LogP) is 4.62. The minimum Gasteiger partial charge on any atom is -0.299 e. The summed E-state index contributed by atoms with van der Waals surface area (Å²) < 4.78 is 0. The van der Waals surface area contributed by atoms with Crippen LogP contribution < -0.4 is 0 Å². The molecular weight excluding hydrogens is 208 g/mol. The molecule has 1 heteroatoms. The van der Waals surface area contributed by atoms with Gasteiger partial charge in [-0.25, -0.2) is 0 Å². The van der Waals surface area contributed by atoms with E-state index in [9.17, 15) is 4.79 Å². The normalized spacial score (nSPS) is 26.0. The van der Waals surface area contributed by atoms with Crippen molar-refractivity contribution in [2.45, 2.75) is 60.3 Å². The van der Waals surface area contributed by atoms with Crippen molar-refractivity contribution in [2.24, 2.45) is 23.2 Å². The Hall–Kier alpha value is -0.590. The summed E-state index contributed by atoms with van der Waals surface area (Å²) >= 11 is 0. The van der Waals surface area contributed by atoms with Gasteiger partial charge in [-0.2, -0.15) is 0 Å². The fourth-order valence-electron chi connectivity index (χ4n) is 2.95. The molecule has 1 aliphatic carbocycles. The highest BCUT2D eigenvalue weighted by molar-refractivity contribution is 5.84. The molecule has 2 atom stereocenters. The maximum absolute atomic E-state index is 12.5. The van der Waals surface area contributed by atoms with Crippen molar-refractivity contribution in [3.8, 4) is 0 Å². The molecule has 1 fully saturated rings. The zero-order valence-corrected chi connectivity index (χ0v) is 12.2. The van der Waals surface area contributed by atoms with Crippen LogP contribution in [0.1, 0.15) is 60.3 Å². The number of hydrogen-bond donors (Lipinski definition) is 0. The summed E-state index contributed by atoms with van der Waals surface area (Å²) in [7, 11) is 0. The van der Waals surface area contributed by atoms with Crippen LogP contribution in [0, 0.1) is 23.2 Å². The van der Waals surface area contributed by atoms with Crippen LogP contribution in [-0.4, -0.2) is 5.78 Å². The third-order valence-electron chi connectivity index (χ3n) is 4.49. The fraction of sp³-hybridized carbons (Fsp3) is 0.812. The van der Waals surface area contributed by atoms with E-state index in [1.807, 2.05) is 0 Å². The van der Waals surface area contributed by atoms with E-state index in [1.165, 1.54) is 12.0 Å². The highest BCUT2D eigenvalue weighted by Crippen LogP contribution is 2.44. The quantitative estimate of drug-likeness (QED) is 0.651. The molecule has 0 bridgehead atoms. The lowest BCUT2D eigenvalue weighted by Gasteiger charge is -2.39. The van der Waals surface area contributed by atoms with Gasteiger partial charge in [-0.3, -0.25) is 4.79 Å². The van der Waals surface area contributed by atoms with E-state index in [0.29, 0.717) is 24.0 Å². The van der Waals surface area contributed by atoms with Gasteiger partial charge >= 0.3 is 0 Å². The van der Waals surface area contributed by atoms with Gasteiger partial charge in [0.1, 0.15) is 5.78 Å². The Bertz CT molecular complexity index is 299. The lowest BCUT2D eigenvalue weighted by atomic mass is 9.64. The second-order valence-electron chi connectivity index (χ2n) is 6.83. The molecule has 0 saturated heterocycles. The Morgan fingerprint density at radius 2 is 2.00 bits per heavy atom. The van der Waals surface area contributed by atoms with Gasteiger partial charge in [0.25, 0.3) is 0 Å². The summed E-state index contributed by atoms with van der Waals surface area (Å²) in [5.41, 5.74) is 1.28. The van der Waals surface area contributed by atoms with Crippen LogP contribution in [0.15, 0.2) is 12.2 Å². The van der Waals surface area contributed by atoms with E-state index < -0.39 is 0 Å². The Morgan fingerprint density at radius 3 is 2.47 bits per heavy atom. The lowest BCUT2D eigenvalue weighted by molar-refractivity contribution is -0.126. The van der Waals surface area contributed by atoms with Crippen molar-refractivity contribution in [2.75, 3.05) is 0 Å². The minimum absolute atomic E-state index is 0.0949. The van der Waals surface area contributed by atoms with Crippen LogP contribution in [0.25, 0.3) is 0 Å². The fourth-order valence-corrected chi connectivity index (χ4v) is 2.95. The molecule has 1 aliphatic rings. The zero-order chi connectivity index (χ0) is 13.2. The second kappa shape index (κ2) is 5.37. The summed E-state index contributed by atoms with van der Waals surface area (Å²) in [6.07, 6.45) is 4.09. The number of ketones is 1. The topological polar surface area (TPSA) is 17.1 Å². The van der Waals surface area contributed by atoms with Crippen LogP contribution in [-0.2, 0) is 4.79 Å². The lowest BCUT2D eigenvalue weighted by Crippen LogP contribution is -2.36. The van der Waals surface area contributed by atoms with E-state index in [4.69, 9.17) is 0 Å². The maximum atomic E-state index is 12.5. The number of carbonyl (C=O) groups excluding carboxylic acids is 1. The van der Waals surface area contributed by atoms with Crippen LogP contribution in [0.5, 0.6) is 0 Å². The molecule has 1 rings (SSSR count). The van der Waals surface area contributed by atoms with Crippen molar-refractivity contribution < 1.29 is 4.79 Å². The second-order valence-corrected chi connectivity index (χ2v) is 6.83. The maximum Gasteiger partial charge on any atom is 0.140 e. The van der Waals surface area contributed by atoms with Gasteiger partial charge in [-0.15, -0.1) is 0 Å². The van der Waals surface area contributed by atoms with Gasteiger partial charge in [0.05, 0.1) is 0 Å². The molecule has 0 aliphatic heterocycles. The minimum atomic E-state index is 0.0949. The zero-order valence-electron chi connectivity index (χ0n) is 12.2. The van der Waals surface area contributed by atoms with E-state index in [0.717, 1.165) is 12.8 Å². The van der Waals surface area contributed by atoms with Gasteiger partial charge in [0.2, 0.25) is 0 Å². The average Bonchev–Trinajstić information content (AvgIpc) is 2.15. The summed E-state index contributed by atoms with van der Waals surface area (Å²) in [5, 5.41) is 0. The van der Waals surface area contributed by atoms with Gasteiger partial charge in [0.15, 0.2) is 0 Å². The van der Waals surface area contributed by atoms with Gasteiger partial charge in [-0.05, 0) is 36.5 Å². The first kappa shape index (κ1) is 14.5. The Kier molecular flexibility index (Phi) is 4.57.